The zero-order chi connectivity index (χ0) is 30.4. The molecule has 8 N–H and O–H groups in total. The quantitative estimate of drug-likeness (QED) is 0.0956. The summed E-state index contributed by atoms with van der Waals surface area (Å²) < 4.78 is 8.94. The predicted molar refractivity (Wildman–Crippen MR) is 171 cm³/mol. The summed E-state index contributed by atoms with van der Waals surface area (Å²) in [6, 6.07) is 9.50. The summed E-state index contributed by atoms with van der Waals surface area (Å²) in [7, 11) is 1.59. The molecule has 0 saturated carbocycles. The van der Waals surface area contributed by atoms with Gasteiger partial charge in [0.05, 0.1) is 29.9 Å². The van der Waals surface area contributed by atoms with Crippen LogP contribution >= 0.6 is 11.9 Å². The van der Waals surface area contributed by atoms with Gasteiger partial charge in [-0.1, -0.05) is 45.7 Å². The number of allylic oxidation sites excluding steroid dienone is 2. The Morgan fingerprint density at radius 2 is 1.77 bits per heavy atom. The third-order valence-electron chi connectivity index (χ3n) is 6.72. The molecule has 0 atom stereocenters. The van der Waals surface area contributed by atoms with Crippen LogP contribution in [0.2, 0.25) is 0 Å². The minimum atomic E-state index is -0.286. The van der Waals surface area contributed by atoms with Crippen LogP contribution < -0.4 is 37.2 Å². The second kappa shape index (κ2) is 13.8. The number of carbonyl (C=O) groups is 1. The summed E-state index contributed by atoms with van der Waals surface area (Å²) in [5.74, 6) is 13.0. The Morgan fingerprint density at radius 3 is 2.30 bits per heavy atom. The van der Waals surface area contributed by atoms with Crippen molar-refractivity contribution in [1.29, 1.82) is 0 Å². The Morgan fingerprint density at radius 1 is 1.15 bits per heavy atom. The number of nitrogens with two attached hydrogens (primary N) is 3. The molecule has 220 valence electrons. The molecule has 0 unspecified atom stereocenters. The average Bonchev–Trinajstić information content (AvgIpc) is 2.88. The number of anilines is 3. The number of amides is 1. The van der Waals surface area contributed by atoms with Crippen molar-refractivity contribution in [2.24, 2.45) is 17.4 Å². The minimum absolute atomic E-state index is 0.124. The zero-order valence-corrected chi connectivity index (χ0v) is 26.4. The number of hydrogen-bond donors (Lipinski definition) is 5. The first-order valence-electron chi connectivity index (χ1n) is 13.3. The molecule has 9 nitrogen and oxygen atoms in total. The largest absolute Gasteiger partial charge is 0.492 e. The molecule has 0 radical (unpaired) electrons. The van der Waals surface area contributed by atoms with Crippen LogP contribution in [-0.4, -0.2) is 30.3 Å². The topological polar surface area (TPSA) is 135 Å². The van der Waals surface area contributed by atoms with Gasteiger partial charge in [0.1, 0.15) is 0 Å². The third-order valence-corrected chi connectivity index (χ3v) is 7.14. The summed E-state index contributed by atoms with van der Waals surface area (Å²) in [5.41, 5.74) is 13.0. The number of hydrogen-bond acceptors (Lipinski definition) is 9. The summed E-state index contributed by atoms with van der Waals surface area (Å²) in [5, 5.41) is 6.20. The van der Waals surface area contributed by atoms with E-state index >= 15 is 0 Å². The molecule has 0 aliphatic heterocycles. The fraction of sp³-hybridized carbons (Fsp3) is 0.433. The summed E-state index contributed by atoms with van der Waals surface area (Å²) >= 11 is 1.46. The van der Waals surface area contributed by atoms with E-state index in [1.54, 1.807) is 30.5 Å². The van der Waals surface area contributed by atoms with Gasteiger partial charge in [-0.05, 0) is 80.5 Å². The molecule has 2 aromatic rings. The van der Waals surface area contributed by atoms with E-state index in [-0.39, 0.29) is 17.4 Å². The smallest absolute Gasteiger partial charge is 0.255 e. The molecule has 0 heterocycles. The highest BCUT2D eigenvalue weighted by Gasteiger charge is 2.22. The Kier molecular flexibility index (Phi) is 11.4. The van der Waals surface area contributed by atoms with Crippen LogP contribution in [0.5, 0.6) is 5.75 Å². The first-order chi connectivity index (χ1) is 18.7. The van der Waals surface area contributed by atoms with E-state index in [1.165, 1.54) is 17.0 Å². The van der Waals surface area contributed by atoms with Crippen molar-refractivity contribution in [1.82, 2.24) is 5.01 Å². The van der Waals surface area contributed by atoms with Gasteiger partial charge in [-0.15, -0.1) is 0 Å². The Hall–Kier alpha value is -3.34. The first-order valence-corrected chi connectivity index (χ1v) is 14.6. The molecule has 0 spiro atoms. The maximum absolute atomic E-state index is 13.5. The highest BCUT2D eigenvalue weighted by atomic mass is 32.2. The van der Waals surface area contributed by atoms with Crippen molar-refractivity contribution in [2.75, 3.05) is 28.4 Å². The fourth-order valence-corrected chi connectivity index (χ4v) is 4.59. The molecule has 2 aromatic carbocycles. The summed E-state index contributed by atoms with van der Waals surface area (Å²) in [4.78, 5) is 13.5. The fourth-order valence-electron chi connectivity index (χ4n) is 4.22. The van der Waals surface area contributed by atoms with Gasteiger partial charge in [-0.25, -0.2) is 11.7 Å². The van der Waals surface area contributed by atoms with E-state index in [1.807, 2.05) is 59.1 Å². The van der Waals surface area contributed by atoms with Gasteiger partial charge in [0.25, 0.3) is 5.91 Å². The molecule has 1 amide bonds. The average molecular weight is 570 g/mol. The highest BCUT2D eigenvalue weighted by molar-refractivity contribution is 7.99. The number of hydrazine groups is 2. The second-order valence-electron chi connectivity index (χ2n) is 11.0. The maximum Gasteiger partial charge on any atom is 0.255 e. The number of nitrogens with one attached hydrogen (secondary N) is 2. The van der Waals surface area contributed by atoms with E-state index in [2.05, 4.69) is 30.8 Å². The standard InChI is InChI=1S/C30H47N7O2S/c1-11-26(37(33)18(2)3)20(5)23(31)17-36(32)27-14-21(13-12-19(27)4)29(38)34-24-15-22(30(6,7)8)16-25(35-40-10)28(24)39-9/h12-18,35H,11,31-33H2,1-10H3,(H,34,38)/b23-17-,26-20+. The van der Waals surface area contributed by atoms with Gasteiger partial charge in [0.15, 0.2) is 5.75 Å². The van der Waals surface area contributed by atoms with Crippen LogP contribution in [0.4, 0.5) is 17.1 Å². The Labute approximate surface area is 244 Å². The van der Waals surface area contributed by atoms with Crippen LogP contribution in [0.15, 0.2) is 53.5 Å². The number of benzene rings is 2. The SMILES string of the molecule is CC/C(=C(C)\C(N)=C\N(N)c1cc(C(=O)Nc2cc(C(C)(C)C)cc(NSC)c2OC)ccc1C)N(N)C(C)C. The molecule has 0 saturated heterocycles. The van der Waals surface area contributed by atoms with Crippen molar-refractivity contribution in [2.45, 2.75) is 73.3 Å². The van der Waals surface area contributed by atoms with Gasteiger partial charge in [-0.3, -0.25) is 9.80 Å². The van der Waals surface area contributed by atoms with Gasteiger partial charge < -0.3 is 25.5 Å². The van der Waals surface area contributed by atoms with Crippen molar-refractivity contribution >= 4 is 34.9 Å². The summed E-state index contributed by atoms with van der Waals surface area (Å²) in [6.45, 7) is 16.3. The van der Waals surface area contributed by atoms with Crippen LogP contribution in [0.3, 0.4) is 0 Å². The van der Waals surface area contributed by atoms with Gasteiger partial charge in [0.2, 0.25) is 0 Å². The molecule has 0 bridgehead atoms. The zero-order valence-electron chi connectivity index (χ0n) is 25.6. The van der Waals surface area contributed by atoms with Crippen LogP contribution in [0, 0.1) is 6.92 Å². The van der Waals surface area contributed by atoms with Crippen molar-refractivity contribution in [3.8, 4) is 5.75 Å². The van der Waals surface area contributed by atoms with Crippen LogP contribution in [0.25, 0.3) is 0 Å². The normalized spacial score (nSPS) is 12.7. The highest BCUT2D eigenvalue weighted by Crippen LogP contribution is 2.39. The van der Waals surface area contributed by atoms with Crippen molar-refractivity contribution in [3.63, 3.8) is 0 Å². The molecule has 0 aliphatic carbocycles. The molecular formula is C30H47N7O2S. The molecular weight excluding hydrogens is 522 g/mol. The molecule has 2 rings (SSSR count). The molecule has 0 fully saturated rings. The van der Waals surface area contributed by atoms with E-state index in [9.17, 15) is 4.79 Å². The number of aryl methyl sites for hydroxylation is 1. The van der Waals surface area contributed by atoms with Crippen molar-refractivity contribution in [3.05, 3.63) is 70.2 Å². The molecule has 0 aliphatic rings. The first kappa shape index (κ1) is 32.9. The van der Waals surface area contributed by atoms with Gasteiger partial charge in [0, 0.05) is 29.8 Å². The van der Waals surface area contributed by atoms with E-state index < -0.39 is 0 Å². The number of nitrogens with zero attached hydrogens (tertiary/aromatic N) is 2. The molecule has 10 heteroatoms. The van der Waals surface area contributed by atoms with Crippen LogP contribution in [0.1, 0.15) is 76.4 Å². The lowest BCUT2D eigenvalue weighted by Gasteiger charge is -2.28. The van der Waals surface area contributed by atoms with Crippen LogP contribution in [-0.2, 0) is 5.41 Å². The van der Waals surface area contributed by atoms with E-state index in [0.29, 0.717) is 28.4 Å². The van der Waals surface area contributed by atoms with Gasteiger partial charge >= 0.3 is 0 Å². The number of methoxy groups -OCH3 is 1. The Balaban J connectivity index is 2.47. The lowest BCUT2D eigenvalue weighted by molar-refractivity contribution is 0.102. The number of rotatable bonds is 11. The predicted octanol–water partition coefficient (Wildman–Crippen LogP) is 5.99. The second-order valence-corrected chi connectivity index (χ2v) is 11.6. The number of carbonyl (C=O) groups excluding carboxylic acids is 1. The Bertz CT molecular complexity index is 1270. The number of ether oxygens (including phenoxy) is 1. The maximum atomic E-state index is 13.5. The summed E-state index contributed by atoms with van der Waals surface area (Å²) in [6.07, 6.45) is 4.31. The van der Waals surface area contributed by atoms with Gasteiger partial charge in [-0.2, -0.15) is 0 Å². The molecule has 0 aromatic heterocycles. The van der Waals surface area contributed by atoms with Crippen molar-refractivity contribution < 1.29 is 9.53 Å². The molecule has 40 heavy (non-hydrogen) atoms. The third kappa shape index (κ3) is 7.87. The minimum Gasteiger partial charge on any atom is -0.492 e. The lowest BCUT2D eigenvalue weighted by atomic mass is 9.86. The van der Waals surface area contributed by atoms with E-state index in [4.69, 9.17) is 22.2 Å². The monoisotopic (exact) mass is 569 g/mol. The van der Waals surface area contributed by atoms with E-state index in [0.717, 1.165) is 34.5 Å². The lowest BCUT2D eigenvalue weighted by Crippen LogP contribution is -2.37.